The van der Waals surface area contributed by atoms with Gasteiger partial charge in [-0.25, -0.2) is 4.79 Å². The molecule has 1 atom stereocenters. The normalized spacial score (nSPS) is 25.5. The molecule has 0 bridgehead atoms. The van der Waals surface area contributed by atoms with E-state index in [1.165, 1.54) is 44.9 Å². The van der Waals surface area contributed by atoms with E-state index in [1.54, 1.807) is 0 Å². The minimum atomic E-state index is -0.407. The zero-order valence-electron chi connectivity index (χ0n) is 14.0. The maximum atomic E-state index is 12.3. The molecule has 2 fully saturated rings. The lowest BCUT2D eigenvalue weighted by molar-refractivity contribution is 0.0241. The van der Waals surface area contributed by atoms with Crippen molar-refractivity contribution in [3.05, 3.63) is 0 Å². The minimum Gasteiger partial charge on any atom is -0.444 e. The van der Waals surface area contributed by atoms with E-state index in [0.717, 1.165) is 19.5 Å². The first-order valence-electron chi connectivity index (χ1n) is 8.68. The molecular weight excluding hydrogens is 264 g/mol. The van der Waals surface area contributed by atoms with Crippen LogP contribution in [0.15, 0.2) is 0 Å². The average Bonchev–Trinajstić information content (AvgIpc) is 2.64. The molecule has 0 aromatic heterocycles. The van der Waals surface area contributed by atoms with Crippen LogP contribution in [0, 0.1) is 0 Å². The van der Waals surface area contributed by atoms with E-state index in [1.807, 2.05) is 25.7 Å². The van der Waals surface area contributed by atoms with Crippen molar-refractivity contribution in [2.24, 2.45) is 0 Å². The van der Waals surface area contributed by atoms with Crippen molar-refractivity contribution in [3.8, 4) is 0 Å². The summed E-state index contributed by atoms with van der Waals surface area (Å²) in [6.07, 6.45) is 9.97. The third-order valence-corrected chi connectivity index (χ3v) is 4.40. The summed E-state index contributed by atoms with van der Waals surface area (Å²) in [5.41, 5.74) is -0.407. The van der Waals surface area contributed by atoms with Gasteiger partial charge in [-0.3, -0.25) is 0 Å². The second-order valence-electron chi connectivity index (χ2n) is 7.62. The van der Waals surface area contributed by atoms with Gasteiger partial charge in [0.2, 0.25) is 0 Å². The van der Waals surface area contributed by atoms with E-state index in [-0.39, 0.29) is 6.09 Å². The van der Waals surface area contributed by atoms with Gasteiger partial charge in [0.25, 0.3) is 0 Å². The summed E-state index contributed by atoms with van der Waals surface area (Å²) in [7, 11) is 0. The van der Waals surface area contributed by atoms with Gasteiger partial charge in [0.05, 0.1) is 0 Å². The first-order chi connectivity index (χ1) is 9.94. The molecule has 1 heterocycles. The fourth-order valence-electron chi connectivity index (χ4n) is 3.37. The summed E-state index contributed by atoms with van der Waals surface area (Å²) in [5.74, 6) is 0. The predicted octanol–water partition coefficient (Wildman–Crippen LogP) is 3.70. The number of nitrogens with zero attached hydrogens (tertiary/aromatic N) is 1. The zero-order valence-corrected chi connectivity index (χ0v) is 14.0. The first kappa shape index (κ1) is 16.6. The molecule has 0 unspecified atom stereocenters. The van der Waals surface area contributed by atoms with E-state index in [2.05, 4.69) is 5.32 Å². The van der Waals surface area contributed by atoms with Crippen LogP contribution in [0.4, 0.5) is 4.79 Å². The molecule has 21 heavy (non-hydrogen) atoms. The van der Waals surface area contributed by atoms with E-state index in [0.29, 0.717) is 12.1 Å². The van der Waals surface area contributed by atoms with Crippen molar-refractivity contribution < 1.29 is 9.53 Å². The van der Waals surface area contributed by atoms with Crippen LogP contribution in [-0.2, 0) is 4.74 Å². The molecule has 1 saturated heterocycles. The number of nitrogens with one attached hydrogen (secondary N) is 1. The Balaban J connectivity index is 1.86. The smallest absolute Gasteiger partial charge is 0.410 e. The van der Waals surface area contributed by atoms with E-state index >= 15 is 0 Å². The monoisotopic (exact) mass is 296 g/mol. The molecule has 1 amide bonds. The highest BCUT2D eigenvalue weighted by Crippen LogP contribution is 2.20. The Labute approximate surface area is 129 Å². The van der Waals surface area contributed by atoms with Gasteiger partial charge in [-0.2, -0.15) is 0 Å². The molecule has 1 saturated carbocycles. The van der Waals surface area contributed by atoms with E-state index in [9.17, 15) is 4.79 Å². The van der Waals surface area contributed by atoms with Crippen LogP contribution < -0.4 is 5.32 Å². The Kier molecular flexibility index (Phi) is 5.91. The number of hydrogen-bond donors (Lipinski definition) is 1. The van der Waals surface area contributed by atoms with Crippen LogP contribution in [0.25, 0.3) is 0 Å². The summed E-state index contributed by atoms with van der Waals surface area (Å²) in [6.45, 7) is 7.42. The quantitative estimate of drug-likeness (QED) is 0.845. The molecule has 1 aliphatic heterocycles. The van der Waals surface area contributed by atoms with Crippen LogP contribution in [0.3, 0.4) is 0 Å². The zero-order chi connectivity index (χ0) is 15.3. The average molecular weight is 296 g/mol. The Hall–Kier alpha value is -0.770. The molecule has 4 nitrogen and oxygen atoms in total. The van der Waals surface area contributed by atoms with Gasteiger partial charge in [-0.05, 0) is 46.5 Å². The summed E-state index contributed by atoms with van der Waals surface area (Å²) in [6, 6.07) is 1.09. The Morgan fingerprint density at radius 2 is 1.62 bits per heavy atom. The minimum absolute atomic E-state index is 0.153. The molecule has 0 spiro atoms. The number of amides is 1. The number of likely N-dealkylation sites (tertiary alicyclic amines) is 1. The third-order valence-electron chi connectivity index (χ3n) is 4.40. The second kappa shape index (κ2) is 7.48. The van der Waals surface area contributed by atoms with Crippen LogP contribution in [-0.4, -0.2) is 41.8 Å². The predicted molar refractivity (Wildman–Crippen MR) is 85.5 cm³/mol. The number of carbonyl (C=O) groups is 1. The summed E-state index contributed by atoms with van der Waals surface area (Å²) < 4.78 is 5.53. The lowest BCUT2D eigenvalue weighted by Gasteiger charge is -2.31. The first-order valence-corrected chi connectivity index (χ1v) is 8.68. The van der Waals surface area contributed by atoms with Gasteiger partial charge in [-0.15, -0.1) is 0 Å². The highest BCUT2D eigenvalue weighted by molar-refractivity contribution is 5.68. The topological polar surface area (TPSA) is 41.6 Å². The third kappa shape index (κ3) is 5.85. The van der Waals surface area contributed by atoms with Gasteiger partial charge in [0, 0.05) is 25.2 Å². The van der Waals surface area contributed by atoms with Crippen molar-refractivity contribution in [2.45, 2.75) is 89.8 Å². The van der Waals surface area contributed by atoms with Crippen LogP contribution in [0.1, 0.15) is 72.1 Å². The van der Waals surface area contributed by atoms with Crippen molar-refractivity contribution >= 4 is 6.09 Å². The fraction of sp³-hybridized carbons (Fsp3) is 0.941. The number of hydrogen-bond acceptors (Lipinski definition) is 3. The van der Waals surface area contributed by atoms with Crippen LogP contribution in [0.2, 0.25) is 0 Å². The molecule has 0 aromatic carbocycles. The van der Waals surface area contributed by atoms with Gasteiger partial charge in [0.1, 0.15) is 5.60 Å². The second-order valence-corrected chi connectivity index (χ2v) is 7.62. The lowest BCUT2D eigenvalue weighted by Crippen LogP contribution is -2.47. The van der Waals surface area contributed by atoms with Gasteiger partial charge >= 0.3 is 6.09 Å². The van der Waals surface area contributed by atoms with Crippen molar-refractivity contribution in [1.29, 1.82) is 0 Å². The standard InChI is InChI=1S/C17H32N2O2/c1-17(2,3)21-16(20)19-12-8-7-11-15(13-19)18-14-9-5-4-6-10-14/h14-15,18H,4-13H2,1-3H3/t15-/m1/s1. The molecule has 2 aliphatic rings. The van der Waals surface area contributed by atoms with Crippen LogP contribution >= 0.6 is 0 Å². The molecule has 0 radical (unpaired) electrons. The number of carbonyl (C=O) groups excluding carboxylic acids is 1. The molecule has 122 valence electrons. The SMILES string of the molecule is CC(C)(C)OC(=O)N1CCCC[C@@H](NC2CCCCC2)C1. The molecule has 1 N–H and O–H groups in total. The fourth-order valence-corrected chi connectivity index (χ4v) is 3.37. The highest BCUT2D eigenvalue weighted by Gasteiger charge is 2.27. The van der Waals surface area contributed by atoms with Gasteiger partial charge in [0.15, 0.2) is 0 Å². The van der Waals surface area contributed by atoms with Gasteiger partial charge < -0.3 is 15.0 Å². The Morgan fingerprint density at radius 3 is 2.29 bits per heavy atom. The molecule has 0 aromatic rings. The van der Waals surface area contributed by atoms with Crippen LogP contribution in [0.5, 0.6) is 0 Å². The molecule has 4 heteroatoms. The summed E-state index contributed by atoms with van der Waals surface area (Å²) in [5, 5.41) is 3.80. The van der Waals surface area contributed by atoms with Crippen molar-refractivity contribution in [2.75, 3.05) is 13.1 Å². The molecule has 1 aliphatic carbocycles. The van der Waals surface area contributed by atoms with E-state index in [4.69, 9.17) is 4.74 Å². The molecule has 2 rings (SSSR count). The number of rotatable bonds is 2. The van der Waals surface area contributed by atoms with Gasteiger partial charge in [-0.1, -0.05) is 25.7 Å². The maximum Gasteiger partial charge on any atom is 0.410 e. The Bertz CT molecular complexity index is 332. The highest BCUT2D eigenvalue weighted by atomic mass is 16.6. The Morgan fingerprint density at radius 1 is 1.00 bits per heavy atom. The van der Waals surface area contributed by atoms with E-state index < -0.39 is 5.60 Å². The van der Waals surface area contributed by atoms with Crippen molar-refractivity contribution in [1.82, 2.24) is 10.2 Å². The lowest BCUT2D eigenvalue weighted by atomic mass is 9.94. The molecular formula is C17H32N2O2. The largest absolute Gasteiger partial charge is 0.444 e. The van der Waals surface area contributed by atoms with Crippen molar-refractivity contribution in [3.63, 3.8) is 0 Å². The number of ether oxygens (including phenoxy) is 1. The maximum absolute atomic E-state index is 12.3. The summed E-state index contributed by atoms with van der Waals surface area (Å²) in [4.78, 5) is 14.2. The summed E-state index contributed by atoms with van der Waals surface area (Å²) >= 11 is 0.